The van der Waals surface area contributed by atoms with Gasteiger partial charge in [0.25, 0.3) is 5.91 Å². The Balaban J connectivity index is 1.40. The molecule has 170 valence electrons. The Hall–Kier alpha value is -3.11. The van der Waals surface area contributed by atoms with Crippen LogP contribution in [0.5, 0.6) is 11.5 Å². The number of aliphatic hydroxyl groups is 1. The summed E-state index contributed by atoms with van der Waals surface area (Å²) in [6, 6.07) is 5.48. The van der Waals surface area contributed by atoms with Crippen LogP contribution in [-0.2, 0) is 11.2 Å². The predicted molar refractivity (Wildman–Crippen MR) is 120 cm³/mol. The average molecular weight is 441 g/mol. The van der Waals surface area contributed by atoms with Crippen molar-refractivity contribution in [3.63, 3.8) is 0 Å². The first-order chi connectivity index (χ1) is 15.3. The van der Waals surface area contributed by atoms with E-state index >= 15 is 0 Å². The van der Waals surface area contributed by atoms with E-state index in [-0.39, 0.29) is 12.5 Å². The minimum atomic E-state index is -0.912. The topological polar surface area (TPSA) is 135 Å². The van der Waals surface area contributed by atoms with Gasteiger partial charge in [-0.3, -0.25) is 4.79 Å². The first-order valence-electron chi connectivity index (χ1n) is 10.9. The van der Waals surface area contributed by atoms with Crippen LogP contribution >= 0.6 is 0 Å². The maximum absolute atomic E-state index is 12.2. The summed E-state index contributed by atoms with van der Waals surface area (Å²) in [6.07, 6.45) is 1.86. The Kier molecular flexibility index (Phi) is 4.86. The van der Waals surface area contributed by atoms with Gasteiger partial charge in [-0.15, -0.1) is 0 Å². The second-order valence-corrected chi connectivity index (χ2v) is 9.06. The largest absolute Gasteiger partial charge is 0.487 e. The molecule has 0 spiro atoms. The number of fused-ring (bicyclic) bond motifs is 2. The van der Waals surface area contributed by atoms with E-state index in [0.717, 1.165) is 17.2 Å². The molecular formula is C22H28N6O4. The third-order valence-electron chi connectivity index (χ3n) is 6.27. The Bertz CT molecular complexity index is 1060. The highest BCUT2D eigenvalue weighted by atomic mass is 16.5. The zero-order valence-corrected chi connectivity index (χ0v) is 18.3. The Labute approximate surface area is 186 Å². The van der Waals surface area contributed by atoms with E-state index in [2.05, 4.69) is 20.5 Å². The minimum absolute atomic E-state index is 0.196. The van der Waals surface area contributed by atoms with E-state index in [1.165, 1.54) is 0 Å². The molecule has 0 saturated carbocycles. The summed E-state index contributed by atoms with van der Waals surface area (Å²) in [4.78, 5) is 23.7. The molecule has 32 heavy (non-hydrogen) atoms. The van der Waals surface area contributed by atoms with Crippen LogP contribution < -0.4 is 30.7 Å². The van der Waals surface area contributed by atoms with E-state index in [1.807, 2.05) is 12.1 Å². The number of piperidine rings is 1. The molecule has 0 unspecified atom stereocenters. The Morgan fingerprint density at radius 3 is 2.81 bits per heavy atom. The molecule has 10 nitrogen and oxygen atoms in total. The highest BCUT2D eigenvalue weighted by molar-refractivity contribution is 6.00. The summed E-state index contributed by atoms with van der Waals surface area (Å²) in [6.45, 7) is 5.56. The Morgan fingerprint density at radius 1 is 1.28 bits per heavy atom. The number of nitrogens with two attached hydrogens (primary N) is 1. The van der Waals surface area contributed by atoms with Crippen molar-refractivity contribution in [2.24, 2.45) is 5.73 Å². The normalized spacial score (nSPS) is 20.5. The molecule has 1 fully saturated rings. The third-order valence-corrected chi connectivity index (χ3v) is 6.27. The number of ether oxygens (including phenoxy) is 2. The maximum atomic E-state index is 12.2. The number of aromatic nitrogens is 2. The standard InChI is InChI=1S/C22H28N6O4/c1-21(2)19(29)25-15-11-13(3-4-16(15)32-21)24-20-26-14-5-10-31-17(14)18(27-20)28-8-6-22(30,12-23)7-9-28/h3-4,11,30H,5-10,12,23H2,1-2H3,(H,25,29)(H,24,26,27). The number of amides is 1. The predicted octanol–water partition coefficient (Wildman–Crippen LogP) is 1.55. The van der Waals surface area contributed by atoms with Crippen molar-refractivity contribution in [3.05, 3.63) is 23.9 Å². The van der Waals surface area contributed by atoms with Gasteiger partial charge in [0, 0.05) is 31.7 Å². The highest BCUT2D eigenvalue weighted by Gasteiger charge is 2.36. The van der Waals surface area contributed by atoms with Crippen LogP contribution in [0.3, 0.4) is 0 Å². The van der Waals surface area contributed by atoms with Gasteiger partial charge in [-0.1, -0.05) is 0 Å². The monoisotopic (exact) mass is 440 g/mol. The number of benzene rings is 1. The van der Waals surface area contributed by atoms with Gasteiger partial charge in [0.05, 0.1) is 23.6 Å². The quantitative estimate of drug-likeness (QED) is 0.558. The molecule has 2 aromatic rings. The summed E-state index contributed by atoms with van der Waals surface area (Å²) in [5, 5.41) is 16.6. The molecule has 1 aromatic heterocycles. The lowest BCUT2D eigenvalue weighted by Gasteiger charge is -2.38. The second-order valence-electron chi connectivity index (χ2n) is 9.06. The van der Waals surface area contributed by atoms with Gasteiger partial charge >= 0.3 is 0 Å². The molecule has 1 aromatic carbocycles. The fraction of sp³-hybridized carbons (Fsp3) is 0.500. The molecule has 10 heteroatoms. The molecule has 0 atom stereocenters. The highest BCUT2D eigenvalue weighted by Crippen LogP contribution is 2.39. The van der Waals surface area contributed by atoms with Gasteiger partial charge in [0.15, 0.2) is 17.2 Å². The number of hydrogen-bond donors (Lipinski definition) is 4. The van der Waals surface area contributed by atoms with Crippen LogP contribution in [0.25, 0.3) is 0 Å². The van der Waals surface area contributed by atoms with E-state index in [4.69, 9.17) is 20.2 Å². The summed E-state index contributed by atoms with van der Waals surface area (Å²) < 4.78 is 11.6. The number of nitrogens with one attached hydrogen (secondary N) is 2. The van der Waals surface area contributed by atoms with Crippen molar-refractivity contribution >= 4 is 29.0 Å². The van der Waals surface area contributed by atoms with Gasteiger partial charge in [0.1, 0.15) is 5.75 Å². The smallest absolute Gasteiger partial charge is 0.268 e. The van der Waals surface area contributed by atoms with E-state index in [1.54, 1.807) is 19.9 Å². The van der Waals surface area contributed by atoms with Crippen molar-refractivity contribution in [3.8, 4) is 11.5 Å². The summed E-state index contributed by atoms with van der Waals surface area (Å²) >= 11 is 0. The lowest BCUT2D eigenvalue weighted by atomic mass is 9.91. The molecule has 1 saturated heterocycles. The summed E-state index contributed by atoms with van der Waals surface area (Å²) in [7, 11) is 0. The van der Waals surface area contributed by atoms with Gasteiger partial charge in [-0.2, -0.15) is 4.98 Å². The lowest BCUT2D eigenvalue weighted by Crippen LogP contribution is -2.49. The van der Waals surface area contributed by atoms with Crippen LogP contribution in [0.4, 0.5) is 23.1 Å². The molecule has 0 radical (unpaired) electrons. The first-order valence-corrected chi connectivity index (χ1v) is 10.9. The van der Waals surface area contributed by atoms with Crippen molar-refractivity contribution in [1.29, 1.82) is 0 Å². The fourth-order valence-corrected chi connectivity index (χ4v) is 4.18. The van der Waals surface area contributed by atoms with Crippen LogP contribution in [0.1, 0.15) is 32.4 Å². The molecule has 4 heterocycles. The van der Waals surface area contributed by atoms with Crippen LogP contribution in [0, 0.1) is 0 Å². The van der Waals surface area contributed by atoms with Gasteiger partial charge in [0.2, 0.25) is 5.95 Å². The molecule has 0 bridgehead atoms. The maximum Gasteiger partial charge on any atom is 0.268 e. The molecule has 1 amide bonds. The van der Waals surface area contributed by atoms with Gasteiger partial charge < -0.3 is 35.8 Å². The van der Waals surface area contributed by atoms with Crippen molar-refractivity contribution < 1.29 is 19.4 Å². The fourth-order valence-electron chi connectivity index (χ4n) is 4.18. The van der Waals surface area contributed by atoms with Crippen LogP contribution in [0.15, 0.2) is 18.2 Å². The zero-order valence-electron chi connectivity index (χ0n) is 18.3. The average Bonchev–Trinajstić information content (AvgIpc) is 3.23. The molecule has 3 aliphatic heterocycles. The number of carbonyl (C=O) groups excluding carboxylic acids is 1. The second kappa shape index (κ2) is 7.49. The van der Waals surface area contributed by atoms with Gasteiger partial charge in [-0.05, 0) is 44.9 Å². The van der Waals surface area contributed by atoms with Crippen LogP contribution in [-0.4, -0.2) is 58.4 Å². The summed E-state index contributed by atoms with van der Waals surface area (Å²) in [5.41, 5.74) is 6.18. The third kappa shape index (κ3) is 3.69. The number of hydrogen-bond acceptors (Lipinski definition) is 9. The van der Waals surface area contributed by atoms with E-state index in [0.29, 0.717) is 62.1 Å². The number of nitrogens with zero attached hydrogens (tertiary/aromatic N) is 3. The van der Waals surface area contributed by atoms with E-state index in [9.17, 15) is 9.90 Å². The minimum Gasteiger partial charge on any atom is -0.487 e. The number of carbonyl (C=O) groups is 1. The Morgan fingerprint density at radius 2 is 2.06 bits per heavy atom. The number of anilines is 4. The van der Waals surface area contributed by atoms with E-state index < -0.39 is 11.2 Å². The van der Waals surface area contributed by atoms with Crippen molar-refractivity contribution in [1.82, 2.24) is 9.97 Å². The SMILES string of the molecule is CC1(C)Oc2ccc(Nc3nc4c(c(N5CCC(O)(CN)CC5)n3)OCC4)cc2NC1=O. The molecule has 0 aliphatic carbocycles. The summed E-state index contributed by atoms with van der Waals surface area (Å²) in [5.74, 6) is 2.31. The first kappa shape index (κ1) is 20.8. The van der Waals surface area contributed by atoms with Gasteiger partial charge in [-0.25, -0.2) is 4.98 Å². The lowest BCUT2D eigenvalue weighted by molar-refractivity contribution is -0.129. The van der Waals surface area contributed by atoms with Crippen LogP contribution in [0.2, 0.25) is 0 Å². The molecule has 5 N–H and O–H groups in total. The number of rotatable bonds is 4. The molecule has 5 rings (SSSR count). The van der Waals surface area contributed by atoms with Crippen molar-refractivity contribution in [2.75, 3.05) is 41.8 Å². The zero-order chi connectivity index (χ0) is 22.5. The molecular weight excluding hydrogens is 412 g/mol. The molecule has 3 aliphatic rings. The van der Waals surface area contributed by atoms with Crippen molar-refractivity contribution in [2.45, 2.75) is 44.3 Å².